The Morgan fingerprint density at radius 1 is 1.07 bits per heavy atom. The standard InChI is InChI=1S/C22H31N3O3/c1-17-8-10-18(11-9-17)22(28)25-14-5-6-19(16-25)21(27)23-12-15-24-13-4-2-3-7-20(24)26/h8-11,19H,2-7,12-16H2,1H3,(H,23,27). The van der Waals surface area contributed by atoms with Crippen molar-refractivity contribution >= 4 is 17.7 Å². The second-order valence-corrected chi connectivity index (χ2v) is 7.94. The lowest BCUT2D eigenvalue weighted by Crippen LogP contribution is -2.47. The molecule has 1 atom stereocenters. The zero-order valence-corrected chi connectivity index (χ0v) is 16.8. The van der Waals surface area contributed by atoms with Crippen LogP contribution in [0.1, 0.15) is 54.4 Å². The first-order chi connectivity index (χ1) is 13.5. The van der Waals surface area contributed by atoms with Crippen molar-refractivity contribution in [2.75, 3.05) is 32.7 Å². The number of amides is 3. The monoisotopic (exact) mass is 385 g/mol. The number of benzene rings is 1. The number of likely N-dealkylation sites (tertiary alicyclic amines) is 2. The zero-order valence-electron chi connectivity index (χ0n) is 16.8. The Kier molecular flexibility index (Phi) is 7.06. The van der Waals surface area contributed by atoms with E-state index in [1.807, 2.05) is 36.1 Å². The minimum atomic E-state index is -0.178. The predicted molar refractivity (Wildman–Crippen MR) is 108 cm³/mol. The molecule has 28 heavy (non-hydrogen) atoms. The van der Waals surface area contributed by atoms with E-state index in [9.17, 15) is 14.4 Å². The summed E-state index contributed by atoms with van der Waals surface area (Å²) in [6.45, 7) is 4.99. The molecule has 0 aliphatic carbocycles. The van der Waals surface area contributed by atoms with Gasteiger partial charge in [-0.05, 0) is 44.7 Å². The number of hydrogen-bond acceptors (Lipinski definition) is 3. The van der Waals surface area contributed by atoms with E-state index in [1.165, 1.54) is 0 Å². The molecule has 6 heteroatoms. The highest BCUT2D eigenvalue weighted by atomic mass is 16.2. The summed E-state index contributed by atoms with van der Waals surface area (Å²) in [5.74, 6) is -0.00129. The summed E-state index contributed by atoms with van der Waals surface area (Å²) in [6.07, 6.45) is 5.35. The van der Waals surface area contributed by atoms with E-state index in [-0.39, 0.29) is 23.6 Å². The van der Waals surface area contributed by atoms with E-state index in [1.54, 1.807) is 4.90 Å². The van der Waals surface area contributed by atoms with Crippen LogP contribution in [0.5, 0.6) is 0 Å². The fourth-order valence-corrected chi connectivity index (χ4v) is 3.99. The maximum atomic E-state index is 12.7. The quantitative estimate of drug-likeness (QED) is 0.846. The second kappa shape index (κ2) is 9.71. The van der Waals surface area contributed by atoms with Gasteiger partial charge in [-0.2, -0.15) is 0 Å². The van der Waals surface area contributed by atoms with Gasteiger partial charge >= 0.3 is 0 Å². The number of nitrogens with zero attached hydrogens (tertiary/aromatic N) is 2. The van der Waals surface area contributed by atoms with Crippen LogP contribution in [0.15, 0.2) is 24.3 Å². The van der Waals surface area contributed by atoms with E-state index < -0.39 is 0 Å². The lowest BCUT2D eigenvalue weighted by Gasteiger charge is -2.32. The van der Waals surface area contributed by atoms with Crippen molar-refractivity contribution in [3.05, 3.63) is 35.4 Å². The van der Waals surface area contributed by atoms with Gasteiger partial charge in [-0.1, -0.05) is 24.1 Å². The molecule has 2 heterocycles. The molecule has 2 fully saturated rings. The number of rotatable bonds is 5. The first-order valence-electron chi connectivity index (χ1n) is 10.5. The molecule has 1 N–H and O–H groups in total. The molecule has 0 saturated carbocycles. The summed E-state index contributed by atoms with van der Waals surface area (Å²) in [7, 11) is 0. The average Bonchev–Trinajstić information content (AvgIpc) is 2.92. The van der Waals surface area contributed by atoms with Crippen LogP contribution in [0.3, 0.4) is 0 Å². The SMILES string of the molecule is Cc1ccc(C(=O)N2CCCC(C(=O)NCCN3CCCCCC3=O)C2)cc1. The van der Waals surface area contributed by atoms with E-state index >= 15 is 0 Å². The van der Waals surface area contributed by atoms with Crippen LogP contribution in [-0.2, 0) is 9.59 Å². The van der Waals surface area contributed by atoms with Gasteiger partial charge in [0.25, 0.3) is 5.91 Å². The fraction of sp³-hybridized carbons (Fsp3) is 0.591. The highest BCUT2D eigenvalue weighted by Gasteiger charge is 2.29. The highest BCUT2D eigenvalue weighted by Crippen LogP contribution is 2.19. The number of nitrogens with one attached hydrogen (secondary N) is 1. The van der Waals surface area contributed by atoms with Gasteiger partial charge in [-0.15, -0.1) is 0 Å². The van der Waals surface area contributed by atoms with Gasteiger partial charge in [0.2, 0.25) is 11.8 Å². The molecule has 152 valence electrons. The summed E-state index contributed by atoms with van der Waals surface area (Å²) in [4.78, 5) is 41.0. The first kappa shape index (κ1) is 20.4. The van der Waals surface area contributed by atoms with Crippen molar-refractivity contribution in [3.8, 4) is 0 Å². The topological polar surface area (TPSA) is 69.7 Å². The third-order valence-corrected chi connectivity index (χ3v) is 5.73. The van der Waals surface area contributed by atoms with E-state index in [2.05, 4.69) is 5.32 Å². The Labute approximate surface area is 167 Å². The largest absolute Gasteiger partial charge is 0.354 e. The number of hydrogen-bond donors (Lipinski definition) is 1. The molecule has 0 radical (unpaired) electrons. The molecule has 2 aliphatic heterocycles. The molecule has 2 aliphatic rings. The zero-order chi connectivity index (χ0) is 19.9. The van der Waals surface area contributed by atoms with Gasteiger partial charge in [-0.3, -0.25) is 14.4 Å². The minimum absolute atomic E-state index is 0.00679. The van der Waals surface area contributed by atoms with Gasteiger partial charge in [0.1, 0.15) is 0 Å². The van der Waals surface area contributed by atoms with Crippen LogP contribution in [0, 0.1) is 12.8 Å². The molecule has 0 spiro atoms. The van der Waals surface area contributed by atoms with Crippen LogP contribution < -0.4 is 5.32 Å². The Morgan fingerprint density at radius 2 is 1.86 bits per heavy atom. The van der Waals surface area contributed by atoms with Crippen LogP contribution in [0.25, 0.3) is 0 Å². The third kappa shape index (κ3) is 5.33. The van der Waals surface area contributed by atoms with E-state index in [4.69, 9.17) is 0 Å². The summed E-state index contributed by atoms with van der Waals surface area (Å²) in [6, 6.07) is 7.57. The molecule has 3 amide bonds. The Balaban J connectivity index is 1.48. The van der Waals surface area contributed by atoms with Crippen LogP contribution in [0.2, 0.25) is 0 Å². The van der Waals surface area contributed by atoms with Crippen LogP contribution >= 0.6 is 0 Å². The summed E-state index contributed by atoms with van der Waals surface area (Å²) in [5.41, 5.74) is 1.79. The van der Waals surface area contributed by atoms with Crippen molar-refractivity contribution in [1.29, 1.82) is 0 Å². The number of aryl methyl sites for hydroxylation is 1. The highest BCUT2D eigenvalue weighted by molar-refractivity contribution is 5.94. The molecular weight excluding hydrogens is 354 g/mol. The lowest BCUT2D eigenvalue weighted by atomic mass is 9.96. The normalized spacial score (nSPS) is 20.6. The number of carbonyl (C=O) groups is 3. The maximum Gasteiger partial charge on any atom is 0.253 e. The molecule has 1 aromatic carbocycles. The predicted octanol–water partition coefficient (Wildman–Crippen LogP) is 2.37. The average molecular weight is 386 g/mol. The number of piperidine rings is 1. The van der Waals surface area contributed by atoms with Crippen LogP contribution in [-0.4, -0.2) is 60.2 Å². The molecule has 3 rings (SSSR count). The van der Waals surface area contributed by atoms with Crippen molar-refractivity contribution in [1.82, 2.24) is 15.1 Å². The second-order valence-electron chi connectivity index (χ2n) is 7.94. The molecule has 0 aromatic heterocycles. The Hall–Kier alpha value is -2.37. The van der Waals surface area contributed by atoms with Gasteiger partial charge in [0.05, 0.1) is 5.92 Å². The molecule has 2 saturated heterocycles. The number of carbonyl (C=O) groups excluding carboxylic acids is 3. The summed E-state index contributed by atoms with van der Waals surface area (Å²) in [5, 5.41) is 2.98. The Morgan fingerprint density at radius 3 is 2.64 bits per heavy atom. The smallest absolute Gasteiger partial charge is 0.253 e. The molecule has 1 unspecified atom stereocenters. The lowest BCUT2D eigenvalue weighted by molar-refractivity contribution is -0.131. The Bertz CT molecular complexity index is 701. The van der Waals surface area contributed by atoms with Crippen molar-refractivity contribution in [2.45, 2.75) is 45.4 Å². The first-order valence-corrected chi connectivity index (χ1v) is 10.5. The molecule has 1 aromatic rings. The summed E-state index contributed by atoms with van der Waals surface area (Å²) < 4.78 is 0. The van der Waals surface area contributed by atoms with Gasteiger partial charge in [0.15, 0.2) is 0 Å². The van der Waals surface area contributed by atoms with Gasteiger partial charge in [-0.25, -0.2) is 0 Å². The summed E-state index contributed by atoms with van der Waals surface area (Å²) >= 11 is 0. The van der Waals surface area contributed by atoms with Gasteiger partial charge < -0.3 is 15.1 Å². The van der Waals surface area contributed by atoms with Gasteiger partial charge in [0, 0.05) is 44.7 Å². The van der Waals surface area contributed by atoms with Crippen molar-refractivity contribution in [3.63, 3.8) is 0 Å². The van der Waals surface area contributed by atoms with E-state index in [0.717, 1.165) is 44.2 Å². The third-order valence-electron chi connectivity index (χ3n) is 5.73. The van der Waals surface area contributed by atoms with Crippen molar-refractivity contribution in [2.24, 2.45) is 5.92 Å². The van der Waals surface area contributed by atoms with E-state index in [0.29, 0.717) is 38.2 Å². The molecular formula is C22H31N3O3. The van der Waals surface area contributed by atoms with Crippen molar-refractivity contribution < 1.29 is 14.4 Å². The van der Waals surface area contributed by atoms with Crippen LogP contribution in [0.4, 0.5) is 0 Å². The molecule has 6 nitrogen and oxygen atoms in total. The maximum absolute atomic E-state index is 12.7. The minimum Gasteiger partial charge on any atom is -0.354 e. The fourth-order valence-electron chi connectivity index (χ4n) is 3.99. The molecule has 0 bridgehead atoms.